The number of nitrogens with zero attached hydrogens (tertiary/aromatic N) is 3. The first-order chi connectivity index (χ1) is 32.2. The standard InChI is InChI=1S/C32H59N9O23P4S2/c1-31(2,14-60-65(49,50)51)24(45)28(47)36-7-5-19(42)34-9-11-69-70-12-10-35-20(43)6-8-37-29(48)25(46)32(3,4)15-61-68(57,58)64-67(55,56)59-13-18-23(63-66(52,53)54)22(44)30(62-18)41-17-40-21-26(33)38-16-39-27(21)41/h17-18,22-25,30,39,44-46H,5-16H2,1-4H3,(H2,33,38)(H,34,42)(H,35,43)(H,36,47)(H,37,48)(H,55,56)(H,57,58)(H2,49,50,51)(H2,52,53,54)/t18-,22-,23-,24+,25+,30-/m1/s1. The topological polar surface area (TPSA) is 490 Å². The smallest absolute Gasteiger partial charge is 0.386 e. The molecule has 402 valence electrons. The van der Waals surface area contributed by atoms with Gasteiger partial charge in [0.05, 0.1) is 26.1 Å². The van der Waals surface area contributed by atoms with Crippen molar-refractivity contribution in [1.29, 1.82) is 0 Å². The van der Waals surface area contributed by atoms with Gasteiger partial charge in [-0.15, -0.1) is 0 Å². The van der Waals surface area contributed by atoms with E-state index in [-0.39, 0.29) is 68.9 Å². The number of nitrogens with one attached hydrogen (secondary N) is 5. The van der Waals surface area contributed by atoms with Gasteiger partial charge >= 0.3 is 31.3 Å². The number of nitrogens with two attached hydrogens (primary N) is 1. The van der Waals surface area contributed by atoms with Crippen LogP contribution in [0, 0.1) is 10.8 Å². The van der Waals surface area contributed by atoms with Gasteiger partial charge in [0, 0.05) is 61.4 Å². The summed E-state index contributed by atoms with van der Waals surface area (Å²) in [6.45, 7) is 2.75. The highest BCUT2D eigenvalue weighted by atomic mass is 33.1. The summed E-state index contributed by atoms with van der Waals surface area (Å²) in [5.41, 5.74) is 2.99. The molecule has 4 amide bonds. The van der Waals surface area contributed by atoms with Gasteiger partial charge in [-0.3, -0.25) is 41.8 Å². The van der Waals surface area contributed by atoms with Crippen LogP contribution in [-0.4, -0.2) is 178 Å². The van der Waals surface area contributed by atoms with Crippen LogP contribution in [-0.2, 0) is 64.6 Å². The van der Waals surface area contributed by atoms with Crippen molar-refractivity contribution in [2.24, 2.45) is 21.6 Å². The van der Waals surface area contributed by atoms with Crippen LogP contribution in [0.25, 0.3) is 0 Å². The highest BCUT2D eigenvalue weighted by Crippen LogP contribution is 2.61. The Labute approximate surface area is 407 Å². The molecule has 3 heterocycles. The van der Waals surface area contributed by atoms with E-state index in [0.29, 0.717) is 11.5 Å². The Bertz CT molecular complexity index is 2200. The number of hydrogen-bond donors (Lipinski definition) is 15. The van der Waals surface area contributed by atoms with Crippen LogP contribution >= 0.6 is 52.9 Å². The molecule has 2 unspecified atom stereocenters. The van der Waals surface area contributed by atoms with E-state index in [2.05, 4.69) is 49.9 Å². The van der Waals surface area contributed by atoms with Crippen molar-refractivity contribution in [2.75, 3.05) is 69.5 Å². The molecule has 1 fully saturated rings. The molecule has 38 heteroatoms. The van der Waals surface area contributed by atoms with Gasteiger partial charge in [0.1, 0.15) is 54.5 Å². The minimum absolute atomic E-state index is 0.000271. The molecule has 8 atom stereocenters. The van der Waals surface area contributed by atoms with Crippen molar-refractivity contribution < 1.29 is 109 Å². The molecule has 32 nitrogen and oxygen atoms in total. The van der Waals surface area contributed by atoms with Gasteiger partial charge in [-0.05, 0) is 0 Å². The zero-order valence-electron chi connectivity index (χ0n) is 37.8. The molecule has 0 saturated carbocycles. The number of amides is 4. The number of ether oxygens (including phenoxy) is 1. The van der Waals surface area contributed by atoms with Crippen LogP contribution in [0.4, 0.5) is 5.82 Å². The summed E-state index contributed by atoms with van der Waals surface area (Å²) >= 11 is 0. The van der Waals surface area contributed by atoms with Crippen LogP contribution < -0.4 is 32.3 Å². The zero-order valence-corrected chi connectivity index (χ0v) is 43.0. The Morgan fingerprint density at radius 3 is 1.81 bits per heavy atom. The van der Waals surface area contributed by atoms with Gasteiger partial charge in [-0.1, -0.05) is 49.3 Å². The molecule has 1 aromatic rings. The van der Waals surface area contributed by atoms with Gasteiger partial charge in [-0.25, -0.2) is 28.2 Å². The van der Waals surface area contributed by atoms with E-state index in [4.69, 9.17) is 29.3 Å². The van der Waals surface area contributed by atoms with Crippen molar-refractivity contribution in [3.05, 3.63) is 12.0 Å². The van der Waals surface area contributed by atoms with Gasteiger partial charge in [0.15, 0.2) is 6.23 Å². The van der Waals surface area contributed by atoms with Crippen molar-refractivity contribution in [1.82, 2.24) is 30.8 Å². The van der Waals surface area contributed by atoms with Crippen LogP contribution in [0.3, 0.4) is 0 Å². The molecular formula is C32H59N9O23P4S2. The van der Waals surface area contributed by atoms with E-state index >= 15 is 0 Å². The lowest BCUT2D eigenvalue weighted by Crippen LogP contribution is -2.46. The summed E-state index contributed by atoms with van der Waals surface area (Å²) in [4.78, 5) is 114. The van der Waals surface area contributed by atoms with E-state index < -0.39 is 116 Å². The maximum absolute atomic E-state index is 12.7. The average molecular weight is 1130 g/mol. The molecule has 16 N–H and O–H groups in total. The first-order valence-corrected chi connectivity index (χ1v) is 29.0. The summed E-state index contributed by atoms with van der Waals surface area (Å²) in [7, 11) is -18.5. The van der Waals surface area contributed by atoms with E-state index in [1.807, 2.05) is 0 Å². The number of aliphatic hydroxyl groups is 3. The van der Waals surface area contributed by atoms with Gasteiger partial charge < -0.3 is 81.7 Å². The lowest BCUT2D eigenvalue weighted by molar-refractivity contribution is -0.137. The molecule has 0 aliphatic carbocycles. The Morgan fingerprint density at radius 1 is 0.814 bits per heavy atom. The van der Waals surface area contributed by atoms with Crippen LogP contribution in [0.1, 0.15) is 52.5 Å². The quantitative estimate of drug-likeness (QED) is 0.0207. The van der Waals surface area contributed by atoms with E-state index in [1.54, 1.807) is 0 Å². The summed E-state index contributed by atoms with van der Waals surface area (Å²) in [5, 5.41) is 44.6. The molecule has 2 aliphatic heterocycles. The number of aliphatic imine (C=N–C) groups is 1. The molecule has 70 heavy (non-hydrogen) atoms. The second-order valence-corrected chi connectivity index (χ2v) is 24.6. The van der Waals surface area contributed by atoms with Crippen LogP contribution in [0.5, 0.6) is 0 Å². The predicted molar refractivity (Wildman–Crippen MR) is 245 cm³/mol. The second-order valence-electron chi connectivity index (χ2n) is 16.4. The molecule has 0 aromatic carbocycles. The number of hydrogen-bond acceptors (Lipinski definition) is 23. The molecule has 1 saturated heterocycles. The Kier molecular flexibility index (Phi) is 23.4. The number of fused-ring (bicyclic) bond motifs is 1. The van der Waals surface area contributed by atoms with Gasteiger partial charge in [0.2, 0.25) is 23.6 Å². The van der Waals surface area contributed by atoms with Gasteiger partial charge in [-0.2, -0.15) is 4.31 Å². The number of carbonyl (C=O) groups excluding carboxylic acids is 4. The van der Waals surface area contributed by atoms with E-state index in [1.165, 1.54) is 53.8 Å². The number of phosphoric acid groups is 4. The summed E-state index contributed by atoms with van der Waals surface area (Å²) < 4.78 is 77.7. The summed E-state index contributed by atoms with van der Waals surface area (Å²) in [6, 6.07) is 0. The minimum atomic E-state index is -5.60. The lowest BCUT2D eigenvalue weighted by Gasteiger charge is -2.30. The molecular weight excluding hydrogens is 1070 g/mol. The van der Waals surface area contributed by atoms with Crippen molar-refractivity contribution in [2.45, 2.75) is 77.3 Å². The molecule has 2 aliphatic rings. The van der Waals surface area contributed by atoms with Crippen molar-refractivity contribution >= 4 is 88.2 Å². The average Bonchev–Trinajstić information content (AvgIpc) is 3.81. The van der Waals surface area contributed by atoms with Crippen LogP contribution in [0.15, 0.2) is 11.3 Å². The number of amidine groups is 1. The largest absolute Gasteiger partial charge is 0.481 e. The van der Waals surface area contributed by atoms with E-state index in [9.17, 15) is 72.3 Å². The monoisotopic (exact) mass is 1130 g/mol. The minimum Gasteiger partial charge on any atom is -0.386 e. The number of imidazole rings is 1. The summed E-state index contributed by atoms with van der Waals surface area (Å²) in [6.07, 6.45) is -9.74. The molecule has 0 radical (unpaired) electrons. The predicted octanol–water partition coefficient (Wildman–Crippen LogP) is -2.53. The Hall–Kier alpha value is -2.62. The van der Waals surface area contributed by atoms with Crippen molar-refractivity contribution in [3.63, 3.8) is 0 Å². The third kappa shape index (κ3) is 20.7. The number of aliphatic hydroxyl groups excluding tert-OH is 3. The fourth-order valence-corrected chi connectivity index (χ4v) is 11.0. The number of rotatable bonds is 31. The van der Waals surface area contributed by atoms with Crippen LogP contribution in [0.2, 0.25) is 0 Å². The second kappa shape index (κ2) is 26.5. The van der Waals surface area contributed by atoms with E-state index in [0.717, 1.165) is 6.33 Å². The van der Waals surface area contributed by atoms with Gasteiger partial charge in [0.25, 0.3) is 0 Å². The maximum atomic E-state index is 12.7. The first kappa shape index (κ1) is 61.7. The number of phosphoric ester groups is 4. The number of anilines is 1. The third-order valence-corrected chi connectivity index (χ3v) is 15.5. The maximum Gasteiger partial charge on any atom is 0.481 e. The number of carbonyl (C=O) groups is 4. The highest BCUT2D eigenvalue weighted by Gasteiger charge is 2.51. The first-order valence-electron chi connectivity index (χ1n) is 20.5. The zero-order chi connectivity index (χ0) is 52.9. The Balaban J connectivity index is 1.31. The third-order valence-electron chi connectivity index (χ3n) is 9.57. The molecule has 1 aromatic heterocycles. The molecule has 0 bridgehead atoms. The fourth-order valence-electron chi connectivity index (χ4n) is 5.83. The normalized spacial score (nSPS) is 21.2. The molecule has 0 spiro atoms. The number of aromatic nitrogens is 2. The molecule has 3 rings (SSSR count). The SMILES string of the molecule is CC(C)(COP(=O)(O)O)[C@@H](O)C(=O)NCCC(=O)NCCSSCCNC(=O)CCNC(=O)[C@H](O)C(C)(C)COP(=O)(O)OP(=O)(O)OC[C@H]1O[C@@H](n2cnc3c2NCN=C3N)[C@H](O)[C@@H]1OP(=O)(O)O. The fraction of sp³-hybridized carbons (Fsp3) is 0.750. The summed E-state index contributed by atoms with van der Waals surface area (Å²) in [5.74, 6) is -1.50. The Morgan fingerprint density at radius 2 is 1.31 bits per heavy atom. The highest BCUT2D eigenvalue weighted by molar-refractivity contribution is 8.76. The van der Waals surface area contributed by atoms with Crippen molar-refractivity contribution in [3.8, 4) is 0 Å². The lowest BCUT2D eigenvalue weighted by atomic mass is 9.87.